The molecular formula is C14H22N6O3. The van der Waals surface area contributed by atoms with E-state index in [9.17, 15) is 9.59 Å². The topological polar surface area (TPSA) is 136 Å². The van der Waals surface area contributed by atoms with Crippen LogP contribution in [0.4, 0.5) is 16.4 Å². The lowest BCUT2D eigenvalue weighted by molar-refractivity contribution is -0.120. The quantitative estimate of drug-likeness (QED) is 0.664. The third-order valence-corrected chi connectivity index (χ3v) is 3.75. The highest BCUT2D eigenvalue weighted by atomic mass is 16.6. The van der Waals surface area contributed by atoms with Crippen LogP contribution in [-0.2, 0) is 9.53 Å². The van der Waals surface area contributed by atoms with Gasteiger partial charge in [0.2, 0.25) is 0 Å². The van der Waals surface area contributed by atoms with E-state index in [2.05, 4.69) is 24.9 Å². The van der Waals surface area contributed by atoms with Gasteiger partial charge in [0.1, 0.15) is 11.6 Å². The Bertz CT molecular complexity index is 545. The number of nitrogens with one attached hydrogen (secondary N) is 1. The van der Waals surface area contributed by atoms with Crippen LogP contribution in [0.2, 0.25) is 0 Å². The molecule has 1 aliphatic rings. The van der Waals surface area contributed by atoms with Gasteiger partial charge in [0, 0.05) is 19.6 Å². The highest BCUT2D eigenvalue weighted by molar-refractivity contribution is 5.78. The van der Waals surface area contributed by atoms with Gasteiger partial charge >= 0.3 is 6.09 Å². The number of nitrogens with zero attached hydrogens (tertiary/aromatic N) is 3. The zero-order valence-electron chi connectivity index (χ0n) is 12.9. The lowest BCUT2D eigenvalue weighted by Crippen LogP contribution is -2.36. The monoisotopic (exact) mass is 322 g/mol. The molecule has 0 spiro atoms. The maximum atomic E-state index is 11.3. The molecule has 9 heteroatoms. The van der Waals surface area contributed by atoms with Gasteiger partial charge in [-0.15, -0.1) is 0 Å². The summed E-state index contributed by atoms with van der Waals surface area (Å²) in [5, 5.41) is 2.61. The number of aromatic nitrogens is 2. The molecule has 0 radical (unpaired) electrons. The van der Waals surface area contributed by atoms with Gasteiger partial charge < -0.3 is 26.4 Å². The average Bonchev–Trinajstić information content (AvgIpc) is 2.53. The molecule has 1 aromatic heterocycles. The molecule has 1 aliphatic heterocycles. The molecule has 1 saturated heterocycles. The molecular weight excluding hydrogens is 300 g/mol. The van der Waals surface area contributed by atoms with E-state index in [-0.39, 0.29) is 0 Å². The van der Waals surface area contributed by atoms with E-state index in [1.807, 2.05) is 0 Å². The summed E-state index contributed by atoms with van der Waals surface area (Å²) in [5.41, 5.74) is 10.5. The Balaban J connectivity index is 1.65. The van der Waals surface area contributed by atoms with Gasteiger partial charge in [-0.25, -0.2) is 9.78 Å². The molecule has 1 fully saturated rings. The Kier molecular flexibility index (Phi) is 5.95. The molecule has 0 aromatic carbocycles. The number of amides is 2. The second-order valence-corrected chi connectivity index (χ2v) is 5.49. The van der Waals surface area contributed by atoms with Crippen LogP contribution in [0.25, 0.3) is 0 Å². The van der Waals surface area contributed by atoms with Crippen molar-refractivity contribution >= 4 is 23.6 Å². The first-order valence-corrected chi connectivity index (χ1v) is 7.56. The molecule has 2 amide bonds. The fourth-order valence-electron chi connectivity index (χ4n) is 2.54. The van der Waals surface area contributed by atoms with Crippen LogP contribution in [0.3, 0.4) is 0 Å². The number of carbonyl (C=O) groups excluding carboxylic acids is 2. The van der Waals surface area contributed by atoms with Crippen molar-refractivity contribution in [1.82, 2.24) is 15.3 Å². The molecule has 0 atom stereocenters. The van der Waals surface area contributed by atoms with E-state index in [0.29, 0.717) is 18.3 Å². The molecule has 126 valence electrons. The second-order valence-electron chi connectivity index (χ2n) is 5.49. The molecule has 0 bridgehead atoms. The third kappa shape index (κ3) is 5.61. The summed E-state index contributed by atoms with van der Waals surface area (Å²) in [4.78, 5) is 32.3. The lowest BCUT2D eigenvalue weighted by atomic mass is 9.93. The largest absolute Gasteiger partial charge is 0.439 e. The summed E-state index contributed by atoms with van der Waals surface area (Å²) in [5.74, 6) is 1.08. The highest BCUT2D eigenvalue weighted by Gasteiger charge is 2.20. The summed E-state index contributed by atoms with van der Waals surface area (Å²) in [6.45, 7) is 1.88. The van der Waals surface area contributed by atoms with Crippen molar-refractivity contribution in [1.29, 1.82) is 0 Å². The van der Waals surface area contributed by atoms with E-state index in [1.54, 1.807) is 6.20 Å². The van der Waals surface area contributed by atoms with Crippen LogP contribution in [-0.4, -0.2) is 48.2 Å². The second kappa shape index (κ2) is 8.16. The molecule has 9 nitrogen and oxygen atoms in total. The van der Waals surface area contributed by atoms with Crippen LogP contribution in [0.15, 0.2) is 12.4 Å². The van der Waals surface area contributed by atoms with E-state index >= 15 is 0 Å². The van der Waals surface area contributed by atoms with Gasteiger partial charge in [-0.2, -0.15) is 0 Å². The predicted molar refractivity (Wildman–Crippen MR) is 84.5 cm³/mol. The maximum Gasteiger partial charge on any atom is 0.407 e. The summed E-state index contributed by atoms with van der Waals surface area (Å²) < 4.78 is 4.62. The number of primary amides is 1. The van der Waals surface area contributed by atoms with Crippen LogP contribution >= 0.6 is 0 Å². The van der Waals surface area contributed by atoms with Crippen LogP contribution in [0.1, 0.15) is 19.3 Å². The summed E-state index contributed by atoms with van der Waals surface area (Å²) in [7, 11) is 0. The molecule has 2 heterocycles. The molecule has 0 aliphatic carbocycles. The standard InChI is InChI=1S/C14H22N6O3/c15-11-7-17-8-13(19-11)20-5-2-10(3-6-20)1-4-18-14(22)23-9-12(16)21/h7-8,10H,1-6,9H2,(H2,15,19)(H2,16,21)(H,18,22). The summed E-state index contributed by atoms with van der Waals surface area (Å²) in [6, 6.07) is 0. The van der Waals surface area contributed by atoms with Crippen LogP contribution in [0.5, 0.6) is 0 Å². The van der Waals surface area contributed by atoms with Gasteiger partial charge in [0.25, 0.3) is 5.91 Å². The molecule has 23 heavy (non-hydrogen) atoms. The Morgan fingerprint density at radius 1 is 1.35 bits per heavy atom. The highest BCUT2D eigenvalue weighted by Crippen LogP contribution is 2.23. The maximum absolute atomic E-state index is 11.3. The van der Waals surface area contributed by atoms with Crippen molar-refractivity contribution in [2.45, 2.75) is 19.3 Å². The first-order chi connectivity index (χ1) is 11.0. The number of ether oxygens (including phenoxy) is 1. The number of carbonyl (C=O) groups is 2. The number of hydrogen-bond acceptors (Lipinski definition) is 7. The summed E-state index contributed by atoms with van der Waals surface area (Å²) in [6.07, 6.45) is 5.51. The minimum atomic E-state index is -0.669. The van der Waals surface area contributed by atoms with E-state index in [4.69, 9.17) is 11.5 Å². The fraction of sp³-hybridized carbons (Fsp3) is 0.571. The minimum absolute atomic E-state index is 0.397. The van der Waals surface area contributed by atoms with E-state index in [1.165, 1.54) is 6.20 Å². The van der Waals surface area contributed by atoms with E-state index < -0.39 is 18.6 Å². The predicted octanol–water partition coefficient (Wildman–Crippen LogP) is -0.123. The number of hydrogen-bond donors (Lipinski definition) is 3. The Hall–Kier alpha value is -2.58. The Morgan fingerprint density at radius 3 is 2.74 bits per heavy atom. The van der Waals surface area contributed by atoms with E-state index in [0.717, 1.165) is 38.2 Å². The lowest BCUT2D eigenvalue weighted by Gasteiger charge is -2.32. The van der Waals surface area contributed by atoms with Crippen molar-refractivity contribution in [3.05, 3.63) is 12.4 Å². The SMILES string of the molecule is NC(=O)COC(=O)NCCC1CCN(c2cncc(N)n2)CC1. The molecule has 2 rings (SSSR count). The number of nitrogens with two attached hydrogens (primary N) is 2. The smallest absolute Gasteiger partial charge is 0.407 e. The van der Waals surface area contributed by atoms with Gasteiger partial charge in [-0.05, 0) is 25.2 Å². The molecule has 0 unspecified atom stereocenters. The third-order valence-electron chi connectivity index (χ3n) is 3.75. The Morgan fingerprint density at radius 2 is 2.09 bits per heavy atom. The number of piperidine rings is 1. The zero-order valence-corrected chi connectivity index (χ0v) is 12.9. The normalized spacial score (nSPS) is 15.2. The number of rotatable bonds is 6. The van der Waals surface area contributed by atoms with Crippen molar-refractivity contribution in [3.8, 4) is 0 Å². The van der Waals surface area contributed by atoms with Crippen molar-refractivity contribution < 1.29 is 14.3 Å². The minimum Gasteiger partial charge on any atom is -0.439 e. The number of alkyl carbamates (subject to hydrolysis) is 1. The van der Waals surface area contributed by atoms with Crippen LogP contribution in [0, 0.1) is 5.92 Å². The van der Waals surface area contributed by atoms with Gasteiger partial charge in [0.05, 0.1) is 12.4 Å². The number of nitrogen functional groups attached to an aromatic ring is 1. The summed E-state index contributed by atoms with van der Waals surface area (Å²) >= 11 is 0. The van der Waals surface area contributed by atoms with Crippen molar-refractivity contribution in [2.75, 3.05) is 36.9 Å². The molecule has 0 saturated carbocycles. The fourth-order valence-corrected chi connectivity index (χ4v) is 2.54. The first kappa shape index (κ1) is 16.8. The zero-order chi connectivity index (χ0) is 16.7. The van der Waals surface area contributed by atoms with Gasteiger partial charge in [-0.3, -0.25) is 9.78 Å². The molecule has 5 N–H and O–H groups in total. The molecule has 1 aromatic rings. The Labute approximate surface area is 134 Å². The average molecular weight is 322 g/mol. The van der Waals surface area contributed by atoms with Crippen LogP contribution < -0.4 is 21.7 Å². The van der Waals surface area contributed by atoms with Gasteiger partial charge in [-0.1, -0.05) is 0 Å². The van der Waals surface area contributed by atoms with Crippen molar-refractivity contribution in [2.24, 2.45) is 11.7 Å². The van der Waals surface area contributed by atoms with Gasteiger partial charge in [0.15, 0.2) is 6.61 Å². The number of anilines is 2. The first-order valence-electron chi connectivity index (χ1n) is 7.56. The van der Waals surface area contributed by atoms with Crippen molar-refractivity contribution in [3.63, 3.8) is 0 Å².